The van der Waals surface area contributed by atoms with Crippen molar-refractivity contribution in [1.29, 1.82) is 0 Å². The summed E-state index contributed by atoms with van der Waals surface area (Å²) in [6.45, 7) is 0. The number of nitrogens with one attached hydrogen (secondary N) is 1. The van der Waals surface area contributed by atoms with Gasteiger partial charge in [0, 0.05) is 0 Å². The molecule has 2 rings (SSSR count). The number of carbonyl (C=O) groups excluding carboxylic acids is 1. The minimum absolute atomic E-state index is 0.0690. The molecular weight excluding hydrogens is 349 g/mol. The summed E-state index contributed by atoms with van der Waals surface area (Å²) < 4.78 is 38.0. The Labute approximate surface area is 144 Å². The zero-order valence-electron chi connectivity index (χ0n) is 13.1. The van der Waals surface area contributed by atoms with E-state index in [4.69, 9.17) is 0 Å². The van der Waals surface area contributed by atoms with E-state index in [1.165, 1.54) is 30.3 Å². The van der Waals surface area contributed by atoms with Crippen LogP contribution < -0.4 is 5.32 Å². The maximum absolute atomic E-state index is 13.6. The Kier molecular flexibility index (Phi) is 5.87. The number of benzene rings is 2. The SMILES string of the molecule is O=C(N[C@H](CCS(=O)(=O)c1ccccc1)C(=O)O)c1ccccc1F. The molecule has 0 aliphatic rings. The molecule has 0 aliphatic carbocycles. The lowest BCUT2D eigenvalue weighted by Crippen LogP contribution is -2.42. The van der Waals surface area contributed by atoms with E-state index in [2.05, 4.69) is 5.32 Å². The van der Waals surface area contributed by atoms with Gasteiger partial charge in [0.25, 0.3) is 5.91 Å². The summed E-state index contributed by atoms with van der Waals surface area (Å²) in [5.74, 6) is -3.57. The first kappa shape index (κ1) is 18.6. The van der Waals surface area contributed by atoms with Gasteiger partial charge in [-0.1, -0.05) is 30.3 Å². The molecule has 0 aliphatic heterocycles. The topological polar surface area (TPSA) is 101 Å². The lowest BCUT2D eigenvalue weighted by atomic mass is 10.1. The molecule has 25 heavy (non-hydrogen) atoms. The van der Waals surface area contributed by atoms with Gasteiger partial charge in [-0.2, -0.15) is 0 Å². The van der Waals surface area contributed by atoms with E-state index in [0.717, 1.165) is 6.07 Å². The fourth-order valence-electron chi connectivity index (χ4n) is 2.16. The minimum atomic E-state index is -3.69. The van der Waals surface area contributed by atoms with Gasteiger partial charge in [-0.25, -0.2) is 17.6 Å². The van der Waals surface area contributed by atoms with E-state index in [9.17, 15) is 27.5 Å². The first-order chi connectivity index (χ1) is 11.8. The van der Waals surface area contributed by atoms with Gasteiger partial charge in [0.2, 0.25) is 0 Å². The fourth-order valence-corrected chi connectivity index (χ4v) is 3.51. The molecule has 2 aromatic carbocycles. The summed E-state index contributed by atoms with van der Waals surface area (Å²) in [5, 5.41) is 11.4. The van der Waals surface area contributed by atoms with E-state index in [-0.39, 0.29) is 16.9 Å². The van der Waals surface area contributed by atoms with Crippen LogP contribution in [0.1, 0.15) is 16.8 Å². The van der Waals surface area contributed by atoms with Crippen molar-refractivity contribution in [2.75, 3.05) is 5.75 Å². The molecule has 0 fully saturated rings. The standard InChI is InChI=1S/C17H16FNO5S/c18-14-9-5-4-8-13(14)16(20)19-15(17(21)22)10-11-25(23,24)12-6-2-1-3-7-12/h1-9,15H,10-11H2,(H,19,20)(H,21,22)/t15-/m1/s1. The lowest BCUT2D eigenvalue weighted by Gasteiger charge is -2.15. The highest BCUT2D eigenvalue weighted by Gasteiger charge is 2.25. The molecule has 8 heteroatoms. The zero-order valence-corrected chi connectivity index (χ0v) is 13.9. The predicted octanol–water partition coefficient (Wildman–Crippen LogP) is 1.87. The quantitative estimate of drug-likeness (QED) is 0.780. The molecule has 2 aromatic rings. The molecule has 132 valence electrons. The van der Waals surface area contributed by atoms with Gasteiger partial charge < -0.3 is 10.4 Å². The van der Waals surface area contributed by atoms with E-state index in [0.29, 0.717) is 0 Å². The fraction of sp³-hybridized carbons (Fsp3) is 0.176. The van der Waals surface area contributed by atoms with Crippen LogP contribution in [-0.4, -0.2) is 37.2 Å². The summed E-state index contributed by atoms with van der Waals surface area (Å²) in [5.41, 5.74) is -0.306. The van der Waals surface area contributed by atoms with Gasteiger partial charge in [0.15, 0.2) is 9.84 Å². The first-order valence-electron chi connectivity index (χ1n) is 7.37. The summed E-state index contributed by atoms with van der Waals surface area (Å²) >= 11 is 0. The van der Waals surface area contributed by atoms with Gasteiger partial charge in [-0.05, 0) is 30.7 Å². The van der Waals surface area contributed by atoms with Crippen molar-refractivity contribution in [3.63, 3.8) is 0 Å². The van der Waals surface area contributed by atoms with E-state index in [1.807, 2.05) is 0 Å². The molecule has 0 saturated carbocycles. The number of hydrogen-bond acceptors (Lipinski definition) is 4. The van der Waals surface area contributed by atoms with Crippen molar-refractivity contribution >= 4 is 21.7 Å². The highest BCUT2D eigenvalue weighted by Crippen LogP contribution is 2.13. The summed E-state index contributed by atoms with van der Waals surface area (Å²) in [6.07, 6.45) is -0.341. The summed E-state index contributed by atoms with van der Waals surface area (Å²) in [6, 6.07) is 11.3. The van der Waals surface area contributed by atoms with Gasteiger partial charge >= 0.3 is 5.97 Å². The maximum atomic E-state index is 13.6. The number of rotatable bonds is 7. The predicted molar refractivity (Wildman–Crippen MR) is 88.4 cm³/mol. The summed E-state index contributed by atoms with van der Waals surface area (Å²) in [7, 11) is -3.69. The molecule has 6 nitrogen and oxygen atoms in total. The first-order valence-corrected chi connectivity index (χ1v) is 9.02. The largest absolute Gasteiger partial charge is 0.480 e. The molecule has 0 bridgehead atoms. The molecule has 0 saturated heterocycles. The Balaban J connectivity index is 2.08. The summed E-state index contributed by atoms with van der Waals surface area (Å²) in [4.78, 5) is 23.4. The van der Waals surface area contributed by atoms with Gasteiger partial charge in [0.1, 0.15) is 11.9 Å². The molecule has 0 aromatic heterocycles. The average Bonchev–Trinajstić information content (AvgIpc) is 2.59. The van der Waals surface area contributed by atoms with E-state index < -0.39 is 39.3 Å². The van der Waals surface area contributed by atoms with Crippen LogP contribution in [-0.2, 0) is 14.6 Å². The van der Waals surface area contributed by atoms with Crippen LogP contribution >= 0.6 is 0 Å². The van der Waals surface area contributed by atoms with Crippen LogP contribution in [0.5, 0.6) is 0 Å². The average molecular weight is 365 g/mol. The van der Waals surface area contributed by atoms with Crippen LogP contribution in [0.3, 0.4) is 0 Å². The van der Waals surface area contributed by atoms with Gasteiger partial charge in [-0.3, -0.25) is 4.79 Å². The molecule has 0 heterocycles. The number of sulfone groups is 1. The molecule has 0 radical (unpaired) electrons. The number of carboxylic acid groups (broad SMARTS) is 1. The smallest absolute Gasteiger partial charge is 0.326 e. The number of carboxylic acids is 1. The van der Waals surface area contributed by atoms with Crippen molar-refractivity contribution < 1.29 is 27.5 Å². The maximum Gasteiger partial charge on any atom is 0.326 e. The van der Waals surface area contributed by atoms with E-state index >= 15 is 0 Å². The number of halogens is 1. The van der Waals surface area contributed by atoms with E-state index in [1.54, 1.807) is 18.2 Å². The van der Waals surface area contributed by atoms with Crippen LogP contribution in [0.2, 0.25) is 0 Å². The molecular formula is C17H16FNO5S. The Morgan fingerprint density at radius 1 is 1.04 bits per heavy atom. The molecule has 0 spiro atoms. The monoisotopic (exact) mass is 365 g/mol. The highest BCUT2D eigenvalue weighted by molar-refractivity contribution is 7.91. The Morgan fingerprint density at radius 3 is 2.24 bits per heavy atom. The second-order valence-electron chi connectivity index (χ2n) is 5.26. The molecule has 0 unspecified atom stereocenters. The second-order valence-corrected chi connectivity index (χ2v) is 7.37. The van der Waals surface area contributed by atoms with Crippen molar-refractivity contribution in [2.45, 2.75) is 17.4 Å². The molecule has 2 N–H and O–H groups in total. The number of amides is 1. The third-order valence-electron chi connectivity index (χ3n) is 3.50. The number of hydrogen-bond donors (Lipinski definition) is 2. The van der Waals surface area contributed by atoms with Gasteiger partial charge in [0.05, 0.1) is 16.2 Å². The number of aliphatic carboxylic acids is 1. The molecule has 1 amide bonds. The Bertz CT molecular complexity index is 868. The second kappa shape index (κ2) is 7.89. The van der Waals surface area contributed by atoms with Crippen LogP contribution in [0.4, 0.5) is 4.39 Å². The van der Waals surface area contributed by atoms with Crippen molar-refractivity contribution in [2.24, 2.45) is 0 Å². The van der Waals surface area contributed by atoms with Crippen LogP contribution in [0.25, 0.3) is 0 Å². The normalized spacial score (nSPS) is 12.4. The Morgan fingerprint density at radius 2 is 1.64 bits per heavy atom. The van der Waals surface area contributed by atoms with Crippen molar-refractivity contribution in [1.82, 2.24) is 5.32 Å². The third-order valence-corrected chi connectivity index (χ3v) is 5.26. The van der Waals surface area contributed by atoms with Crippen molar-refractivity contribution in [3.8, 4) is 0 Å². The number of carbonyl (C=O) groups is 2. The zero-order chi connectivity index (χ0) is 18.4. The minimum Gasteiger partial charge on any atom is -0.480 e. The Hall–Kier alpha value is -2.74. The van der Waals surface area contributed by atoms with Gasteiger partial charge in [-0.15, -0.1) is 0 Å². The third kappa shape index (κ3) is 4.87. The van der Waals surface area contributed by atoms with Crippen molar-refractivity contribution in [3.05, 3.63) is 66.0 Å². The van der Waals surface area contributed by atoms with Crippen LogP contribution in [0.15, 0.2) is 59.5 Å². The highest BCUT2D eigenvalue weighted by atomic mass is 32.2. The lowest BCUT2D eigenvalue weighted by molar-refractivity contribution is -0.139. The molecule has 1 atom stereocenters. The van der Waals surface area contributed by atoms with Crippen LogP contribution in [0, 0.1) is 5.82 Å².